The van der Waals surface area contributed by atoms with Crippen LogP contribution >= 0.6 is 0 Å². The van der Waals surface area contributed by atoms with Gasteiger partial charge in [0.2, 0.25) is 0 Å². The van der Waals surface area contributed by atoms with Crippen molar-refractivity contribution in [2.45, 2.75) is 0 Å². The van der Waals surface area contributed by atoms with Crippen LogP contribution in [0.15, 0.2) is 59.8 Å². The summed E-state index contributed by atoms with van der Waals surface area (Å²) in [6.45, 7) is 0. The molecule has 0 bridgehead atoms. The quantitative estimate of drug-likeness (QED) is 0.673. The lowest BCUT2D eigenvalue weighted by molar-refractivity contribution is 0.102. The van der Waals surface area contributed by atoms with E-state index in [2.05, 4.69) is 15.3 Å². The first-order valence-electron chi connectivity index (χ1n) is 5.82. The third-order valence-electron chi connectivity index (χ3n) is 2.51. The molecular formula is C15H14N2O2. The normalized spacial score (nSPS) is 10.4. The van der Waals surface area contributed by atoms with Crippen LogP contribution < -0.4 is 5.32 Å². The Balaban J connectivity index is 2.05. The van der Waals surface area contributed by atoms with Gasteiger partial charge in [-0.2, -0.15) is 0 Å². The van der Waals surface area contributed by atoms with Gasteiger partial charge in [0.05, 0.1) is 6.21 Å². The van der Waals surface area contributed by atoms with Gasteiger partial charge in [0.15, 0.2) is 0 Å². The van der Waals surface area contributed by atoms with Crippen molar-refractivity contribution in [3.05, 3.63) is 65.7 Å². The van der Waals surface area contributed by atoms with Gasteiger partial charge in [0.25, 0.3) is 5.91 Å². The van der Waals surface area contributed by atoms with Crippen molar-refractivity contribution < 1.29 is 9.63 Å². The van der Waals surface area contributed by atoms with Gasteiger partial charge in [-0.05, 0) is 29.8 Å². The number of hydrogen-bond acceptors (Lipinski definition) is 3. The molecule has 0 atom stereocenters. The van der Waals surface area contributed by atoms with Crippen molar-refractivity contribution in [1.29, 1.82) is 0 Å². The molecule has 0 aliphatic heterocycles. The zero-order chi connectivity index (χ0) is 13.5. The Morgan fingerprint density at radius 3 is 2.42 bits per heavy atom. The van der Waals surface area contributed by atoms with E-state index in [-0.39, 0.29) is 5.91 Å². The molecule has 0 heterocycles. The van der Waals surface area contributed by atoms with Gasteiger partial charge >= 0.3 is 0 Å². The van der Waals surface area contributed by atoms with Crippen LogP contribution in [-0.4, -0.2) is 19.2 Å². The lowest BCUT2D eigenvalue weighted by Gasteiger charge is -2.04. The summed E-state index contributed by atoms with van der Waals surface area (Å²) in [7, 11) is 1.48. The first kappa shape index (κ1) is 12.8. The molecule has 1 N–H and O–H groups in total. The first-order valence-corrected chi connectivity index (χ1v) is 5.82. The van der Waals surface area contributed by atoms with Crippen molar-refractivity contribution >= 4 is 17.8 Å². The predicted octanol–water partition coefficient (Wildman–Crippen LogP) is 2.92. The summed E-state index contributed by atoms with van der Waals surface area (Å²) in [6.07, 6.45) is 1.58. The maximum atomic E-state index is 12.0. The summed E-state index contributed by atoms with van der Waals surface area (Å²) >= 11 is 0. The van der Waals surface area contributed by atoms with Crippen LogP contribution in [0.25, 0.3) is 0 Å². The summed E-state index contributed by atoms with van der Waals surface area (Å²) in [5.41, 5.74) is 2.24. The van der Waals surface area contributed by atoms with Gasteiger partial charge in [-0.3, -0.25) is 4.79 Å². The summed E-state index contributed by atoms with van der Waals surface area (Å²) in [6, 6.07) is 16.4. The fraction of sp³-hybridized carbons (Fsp3) is 0.0667. The third-order valence-corrected chi connectivity index (χ3v) is 2.51. The second-order valence-corrected chi connectivity index (χ2v) is 3.86. The fourth-order valence-corrected chi connectivity index (χ4v) is 1.56. The number of nitrogens with one attached hydrogen (secondary N) is 1. The zero-order valence-electron chi connectivity index (χ0n) is 10.5. The predicted molar refractivity (Wildman–Crippen MR) is 75.4 cm³/mol. The number of hydrogen-bond donors (Lipinski definition) is 1. The van der Waals surface area contributed by atoms with Crippen molar-refractivity contribution in [1.82, 2.24) is 0 Å². The van der Waals surface area contributed by atoms with Gasteiger partial charge in [-0.1, -0.05) is 35.5 Å². The van der Waals surface area contributed by atoms with Crippen molar-refractivity contribution in [2.24, 2.45) is 5.16 Å². The largest absolute Gasteiger partial charge is 0.399 e. The fourth-order valence-electron chi connectivity index (χ4n) is 1.56. The molecule has 0 aliphatic rings. The highest BCUT2D eigenvalue weighted by Crippen LogP contribution is 2.09. The molecule has 0 aliphatic carbocycles. The topological polar surface area (TPSA) is 50.7 Å². The smallest absolute Gasteiger partial charge is 0.255 e. The SMILES string of the molecule is CO/N=C/c1ccc(C(=O)Nc2ccccc2)cc1. The highest BCUT2D eigenvalue weighted by atomic mass is 16.6. The van der Waals surface area contributed by atoms with Crippen molar-refractivity contribution in [3.8, 4) is 0 Å². The van der Waals surface area contributed by atoms with E-state index in [4.69, 9.17) is 0 Å². The average Bonchev–Trinajstić information content (AvgIpc) is 2.46. The van der Waals surface area contributed by atoms with Crippen LogP contribution in [0.4, 0.5) is 5.69 Å². The van der Waals surface area contributed by atoms with Crippen molar-refractivity contribution in [2.75, 3.05) is 12.4 Å². The molecule has 0 saturated heterocycles. The number of carbonyl (C=O) groups is 1. The zero-order valence-corrected chi connectivity index (χ0v) is 10.5. The van der Waals surface area contributed by atoms with E-state index in [1.807, 2.05) is 42.5 Å². The minimum Gasteiger partial charge on any atom is -0.399 e. The Morgan fingerprint density at radius 1 is 1.11 bits per heavy atom. The molecule has 0 radical (unpaired) electrons. The summed E-state index contributed by atoms with van der Waals surface area (Å²) < 4.78 is 0. The van der Waals surface area contributed by atoms with E-state index in [0.29, 0.717) is 5.56 Å². The van der Waals surface area contributed by atoms with Crippen LogP contribution in [0.3, 0.4) is 0 Å². The maximum absolute atomic E-state index is 12.0. The van der Waals surface area contributed by atoms with Crippen LogP contribution in [0.5, 0.6) is 0 Å². The number of para-hydroxylation sites is 1. The number of oxime groups is 1. The summed E-state index contributed by atoms with van der Waals surface area (Å²) in [5, 5.41) is 6.48. The van der Waals surface area contributed by atoms with E-state index in [1.165, 1.54) is 7.11 Å². The van der Waals surface area contributed by atoms with Gasteiger partial charge in [0, 0.05) is 11.3 Å². The summed E-state index contributed by atoms with van der Waals surface area (Å²) in [4.78, 5) is 16.6. The van der Waals surface area contributed by atoms with Gasteiger partial charge in [-0.25, -0.2) is 0 Å². The van der Waals surface area contributed by atoms with E-state index < -0.39 is 0 Å². The molecule has 0 aromatic heterocycles. The number of nitrogens with zero attached hydrogens (tertiary/aromatic N) is 1. The van der Waals surface area contributed by atoms with Crippen LogP contribution in [-0.2, 0) is 4.84 Å². The molecule has 1 amide bonds. The number of rotatable bonds is 4. The Kier molecular flexibility index (Phi) is 4.29. The van der Waals surface area contributed by atoms with Gasteiger partial charge < -0.3 is 10.2 Å². The second kappa shape index (κ2) is 6.35. The number of carbonyl (C=O) groups excluding carboxylic acids is 1. The Labute approximate surface area is 111 Å². The molecule has 0 spiro atoms. The molecular weight excluding hydrogens is 240 g/mol. The minimum atomic E-state index is -0.138. The molecule has 0 saturated carbocycles. The van der Waals surface area contributed by atoms with E-state index in [1.54, 1.807) is 18.3 Å². The molecule has 2 rings (SSSR count). The molecule has 96 valence electrons. The molecule has 4 nitrogen and oxygen atoms in total. The Morgan fingerprint density at radius 2 is 1.79 bits per heavy atom. The second-order valence-electron chi connectivity index (χ2n) is 3.86. The van der Waals surface area contributed by atoms with Crippen molar-refractivity contribution in [3.63, 3.8) is 0 Å². The Bertz CT molecular complexity index is 562. The number of amides is 1. The molecule has 2 aromatic carbocycles. The van der Waals surface area contributed by atoms with Crippen LogP contribution in [0.2, 0.25) is 0 Å². The van der Waals surface area contributed by atoms with E-state index in [0.717, 1.165) is 11.3 Å². The standard InChI is InChI=1S/C15H14N2O2/c1-19-16-11-12-7-9-13(10-8-12)15(18)17-14-5-3-2-4-6-14/h2-11H,1H3,(H,17,18)/b16-11+. The molecule has 4 heteroatoms. The van der Waals surface area contributed by atoms with E-state index in [9.17, 15) is 4.79 Å². The van der Waals surface area contributed by atoms with E-state index >= 15 is 0 Å². The number of anilines is 1. The monoisotopic (exact) mass is 254 g/mol. The molecule has 2 aromatic rings. The summed E-state index contributed by atoms with van der Waals surface area (Å²) in [5.74, 6) is -0.138. The average molecular weight is 254 g/mol. The first-order chi connectivity index (χ1) is 9.29. The van der Waals surface area contributed by atoms with Crippen LogP contribution in [0, 0.1) is 0 Å². The highest BCUT2D eigenvalue weighted by Gasteiger charge is 2.05. The van der Waals surface area contributed by atoms with Gasteiger partial charge in [0.1, 0.15) is 7.11 Å². The minimum absolute atomic E-state index is 0.138. The lowest BCUT2D eigenvalue weighted by Crippen LogP contribution is -2.11. The number of benzene rings is 2. The van der Waals surface area contributed by atoms with Crippen LogP contribution in [0.1, 0.15) is 15.9 Å². The maximum Gasteiger partial charge on any atom is 0.255 e. The molecule has 0 unspecified atom stereocenters. The van der Waals surface area contributed by atoms with Gasteiger partial charge in [-0.15, -0.1) is 0 Å². The Hall–Kier alpha value is -2.62. The molecule has 0 fully saturated rings. The molecule has 19 heavy (non-hydrogen) atoms. The highest BCUT2D eigenvalue weighted by molar-refractivity contribution is 6.04. The third kappa shape index (κ3) is 3.67. The lowest BCUT2D eigenvalue weighted by atomic mass is 10.1.